The van der Waals surface area contributed by atoms with Crippen LogP contribution in [0, 0.1) is 0 Å². The molecule has 0 aliphatic rings. The van der Waals surface area contributed by atoms with Crippen molar-refractivity contribution >= 4 is 35.1 Å². The summed E-state index contributed by atoms with van der Waals surface area (Å²) < 4.78 is 7.52. The van der Waals surface area contributed by atoms with E-state index in [-0.39, 0.29) is 0 Å². The fraction of sp³-hybridized carbons (Fsp3) is 0.818. The fourth-order valence-electron chi connectivity index (χ4n) is 0.768. The van der Waals surface area contributed by atoms with Crippen LogP contribution in [-0.4, -0.2) is 27.5 Å². The molecule has 100 valence electrons. The molecule has 0 atom stereocenters. The lowest BCUT2D eigenvalue weighted by Gasteiger charge is -2.27. The first-order valence-electron chi connectivity index (χ1n) is 5.10. The van der Waals surface area contributed by atoms with Crippen LogP contribution in [-0.2, 0) is 19.1 Å². The van der Waals surface area contributed by atoms with Gasteiger partial charge in [0.25, 0.3) is 0 Å². The van der Waals surface area contributed by atoms with Gasteiger partial charge in [-0.2, -0.15) is 0 Å². The van der Waals surface area contributed by atoms with E-state index in [1.54, 1.807) is 41.5 Å². The summed E-state index contributed by atoms with van der Waals surface area (Å²) >= 11 is 11.3. The predicted octanol–water partition coefficient (Wildman–Crippen LogP) is 2.84. The zero-order valence-electron chi connectivity index (χ0n) is 10.9. The Hall–Kier alpha value is -0.480. The minimum Gasteiger partial charge on any atom is -0.457 e. The van der Waals surface area contributed by atoms with E-state index in [0.29, 0.717) is 0 Å². The monoisotopic (exact) mass is 284 g/mol. The van der Waals surface area contributed by atoms with Crippen LogP contribution in [0.5, 0.6) is 0 Å². The van der Waals surface area contributed by atoms with E-state index in [0.717, 1.165) is 0 Å². The summed E-state index contributed by atoms with van der Waals surface area (Å²) in [4.78, 5) is 23.2. The number of alkyl halides is 2. The van der Waals surface area contributed by atoms with E-state index in [1.807, 2.05) is 0 Å². The van der Waals surface area contributed by atoms with Gasteiger partial charge in [0.2, 0.25) is 0 Å². The maximum Gasteiger partial charge on any atom is 0.355 e. The zero-order valence-corrected chi connectivity index (χ0v) is 12.4. The third-order valence-corrected chi connectivity index (χ3v) is 1.93. The number of halogens is 2. The molecular weight excluding hydrogens is 267 g/mol. The summed E-state index contributed by atoms with van der Waals surface area (Å²) in [5, 5.41) is 0. The van der Waals surface area contributed by atoms with Gasteiger partial charge in [0.05, 0.1) is 0 Å². The Morgan fingerprint density at radius 2 is 1.00 bits per heavy atom. The zero-order chi connectivity index (χ0) is 14.1. The van der Waals surface area contributed by atoms with Crippen LogP contribution in [0.15, 0.2) is 0 Å². The second-order valence-corrected chi connectivity index (χ2v) is 6.91. The minimum absolute atomic E-state index is 0.784. The van der Waals surface area contributed by atoms with Gasteiger partial charge in [-0.3, -0.25) is 0 Å². The largest absolute Gasteiger partial charge is 0.457 e. The summed E-state index contributed by atoms with van der Waals surface area (Å²) in [6.45, 7) is 9.86. The Labute approximate surface area is 112 Å². The van der Waals surface area contributed by atoms with Crippen molar-refractivity contribution in [3.05, 3.63) is 0 Å². The Kier molecular flexibility index (Phi) is 4.88. The van der Waals surface area contributed by atoms with Crippen molar-refractivity contribution in [1.82, 2.24) is 0 Å². The van der Waals surface area contributed by atoms with Gasteiger partial charge >= 0.3 is 16.3 Å². The SMILES string of the molecule is CC(C)(C)OC(=O)C(Cl)(Cl)C(=O)OC(C)(C)C. The van der Waals surface area contributed by atoms with Gasteiger partial charge in [-0.15, -0.1) is 0 Å². The van der Waals surface area contributed by atoms with Crippen molar-refractivity contribution < 1.29 is 19.1 Å². The van der Waals surface area contributed by atoms with Gasteiger partial charge in [-0.1, -0.05) is 23.2 Å². The van der Waals surface area contributed by atoms with E-state index in [9.17, 15) is 9.59 Å². The van der Waals surface area contributed by atoms with Gasteiger partial charge in [0.15, 0.2) is 0 Å². The molecule has 6 heteroatoms. The number of hydrogen-bond acceptors (Lipinski definition) is 4. The Balaban J connectivity index is 4.78. The van der Waals surface area contributed by atoms with E-state index < -0.39 is 27.5 Å². The molecule has 0 aliphatic heterocycles. The normalized spacial score (nSPS) is 13.2. The molecule has 0 bridgehead atoms. The molecule has 17 heavy (non-hydrogen) atoms. The van der Waals surface area contributed by atoms with Gasteiger partial charge in [-0.05, 0) is 41.5 Å². The lowest BCUT2D eigenvalue weighted by molar-refractivity contribution is -0.167. The topological polar surface area (TPSA) is 52.6 Å². The smallest absolute Gasteiger partial charge is 0.355 e. The van der Waals surface area contributed by atoms with Crippen LogP contribution in [0.4, 0.5) is 0 Å². The number of ether oxygens (including phenoxy) is 2. The Bertz CT molecular complexity index is 280. The molecule has 0 unspecified atom stereocenters. The molecule has 0 fully saturated rings. The lowest BCUT2D eigenvalue weighted by Crippen LogP contribution is -2.44. The summed E-state index contributed by atoms with van der Waals surface area (Å²) in [5.74, 6) is -2.08. The molecule has 0 amide bonds. The van der Waals surface area contributed by atoms with Crippen LogP contribution >= 0.6 is 23.2 Å². The van der Waals surface area contributed by atoms with Gasteiger partial charge in [0, 0.05) is 0 Å². The highest BCUT2D eigenvalue weighted by molar-refractivity contribution is 6.66. The van der Waals surface area contributed by atoms with Gasteiger partial charge in [0.1, 0.15) is 11.2 Å². The number of carbonyl (C=O) groups excluding carboxylic acids is 2. The van der Waals surface area contributed by atoms with Crippen molar-refractivity contribution in [3.63, 3.8) is 0 Å². The molecule has 0 aromatic rings. The quantitative estimate of drug-likeness (QED) is 0.445. The first kappa shape index (κ1) is 16.5. The van der Waals surface area contributed by atoms with Crippen molar-refractivity contribution in [2.45, 2.75) is 57.1 Å². The van der Waals surface area contributed by atoms with Crippen LogP contribution in [0.3, 0.4) is 0 Å². The Morgan fingerprint density at radius 1 is 0.765 bits per heavy atom. The minimum atomic E-state index is -2.35. The van der Waals surface area contributed by atoms with E-state index in [1.165, 1.54) is 0 Å². The van der Waals surface area contributed by atoms with E-state index >= 15 is 0 Å². The fourth-order valence-corrected chi connectivity index (χ4v) is 0.922. The number of carbonyl (C=O) groups is 2. The van der Waals surface area contributed by atoms with Crippen LogP contribution in [0.25, 0.3) is 0 Å². The molecule has 0 spiro atoms. The highest BCUT2D eigenvalue weighted by Gasteiger charge is 2.48. The highest BCUT2D eigenvalue weighted by Crippen LogP contribution is 2.28. The lowest BCUT2D eigenvalue weighted by atomic mass is 10.2. The molecule has 0 heterocycles. The molecule has 0 N–H and O–H groups in total. The average molecular weight is 285 g/mol. The molecule has 0 aliphatic carbocycles. The Morgan fingerprint density at radius 3 is 1.18 bits per heavy atom. The van der Waals surface area contributed by atoms with Gasteiger partial charge in [-0.25, -0.2) is 9.59 Å². The average Bonchev–Trinajstić information content (AvgIpc) is 1.96. The number of hydrogen-bond donors (Lipinski definition) is 0. The van der Waals surface area contributed by atoms with Crippen molar-refractivity contribution in [3.8, 4) is 0 Å². The molecular formula is C11H18Cl2O4. The van der Waals surface area contributed by atoms with Crippen LogP contribution < -0.4 is 0 Å². The van der Waals surface area contributed by atoms with Crippen molar-refractivity contribution in [2.75, 3.05) is 0 Å². The summed E-state index contributed by atoms with van der Waals surface area (Å²) in [7, 11) is 0. The second kappa shape index (κ2) is 5.02. The van der Waals surface area contributed by atoms with E-state index in [2.05, 4.69) is 0 Å². The molecule has 0 rings (SSSR count). The molecule has 4 nitrogen and oxygen atoms in total. The molecule has 0 saturated heterocycles. The molecule has 0 aromatic heterocycles. The predicted molar refractivity (Wildman–Crippen MR) is 66.1 cm³/mol. The maximum absolute atomic E-state index is 11.6. The van der Waals surface area contributed by atoms with Crippen LogP contribution in [0.1, 0.15) is 41.5 Å². The second-order valence-electron chi connectivity index (χ2n) is 5.58. The molecule has 0 radical (unpaired) electrons. The first-order chi connectivity index (χ1) is 7.26. The molecule has 0 saturated carbocycles. The van der Waals surface area contributed by atoms with E-state index in [4.69, 9.17) is 32.7 Å². The maximum atomic E-state index is 11.6. The summed E-state index contributed by atoms with van der Waals surface area (Å²) in [5.41, 5.74) is -1.57. The molecule has 0 aromatic carbocycles. The highest BCUT2D eigenvalue weighted by atomic mass is 35.5. The standard InChI is InChI=1S/C11H18Cl2O4/c1-9(2,3)16-7(14)11(12,13)8(15)17-10(4,5)6/h1-6H3. The van der Waals surface area contributed by atoms with Gasteiger partial charge < -0.3 is 9.47 Å². The van der Waals surface area contributed by atoms with Crippen molar-refractivity contribution in [1.29, 1.82) is 0 Å². The first-order valence-corrected chi connectivity index (χ1v) is 5.86. The number of esters is 2. The third kappa shape index (κ3) is 6.13. The number of rotatable bonds is 2. The van der Waals surface area contributed by atoms with Crippen LogP contribution in [0.2, 0.25) is 0 Å². The third-order valence-electron chi connectivity index (χ3n) is 1.31. The summed E-state index contributed by atoms with van der Waals surface area (Å²) in [6, 6.07) is 0. The van der Waals surface area contributed by atoms with Crippen molar-refractivity contribution in [2.24, 2.45) is 0 Å². The summed E-state index contributed by atoms with van der Waals surface area (Å²) in [6.07, 6.45) is 0.